The van der Waals surface area contributed by atoms with Gasteiger partial charge in [-0.05, 0) is 49.6 Å². The van der Waals surface area contributed by atoms with Crippen LogP contribution in [0, 0.1) is 5.82 Å². The maximum Gasteiger partial charge on any atom is 0.258 e. The molecule has 1 heterocycles. The molecule has 1 saturated carbocycles. The van der Waals surface area contributed by atoms with Gasteiger partial charge < -0.3 is 15.4 Å². The summed E-state index contributed by atoms with van der Waals surface area (Å²) in [5, 5.41) is 7.06. The number of anilines is 1. The predicted molar refractivity (Wildman–Crippen MR) is 107 cm³/mol. The van der Waals surface area contributed by atoms with E-state index in [9.17, 15) is 9.18 Å². The molecule has 0 radical (unpaired) electrons. The Morgan fingerprint density at radius 2 is 2.00 bits per heavy atom. The van der Waals surface area contributed by atoms with E-state index in [0.717, 1.165) is 29.5 Å². The number of benzene rings is 2. The Hall–Kier alpha value is -3.15. The third-order valence-electron chi connectivity index (χ3n) is 4.79. The third kappa shape index (κ3) is 4.22. The Morgan fingerprint density at radius 1 is 1.21 bits per heavy atom. The van der Waals surface area contributed by atoms with Crippen molar-refractivity contribution in [3.63, 3.8) is 0 Å². The molecule has 4 rings (SSSR count). The van der Waals surface area contributed by atoms with Gasteiger partial charge in [-0.25, -0.2) is 4.39 Å². The number of ether oxygens (including phenoxy) is 1. The number of rotatable bonds is 7. The van der Waals surface area contributed by atoms with Gasteiger partial charge in [-0.3, -0.25) is 9.78 Å². The molecule has 0 aliphatic heterocycles. The van der Waals surface area contributed by atoms with Crippen molar-refractivity contribution in [2.45, 2.75) is 31.8 Å². The van der Waals surface area contributed by atoms with Crippen LogP contribution in [0.5, 0.6) is 5.75 Å². The molecule has 2 N–H and O–H groups in total. The molecule has 1 aliphatic carbocycles. The monoisotopic (exact) mass is 379 g/mol. The maximum atomic E-state index is 13.9. The highest BCUT2D eigenvalue weighted by Gasteiger charge is 2.23. The zero-order valence-electron chi connectivity index (χ0n) is 15.6. The number of hydrogen-bond acceptors (Lipinski definition) is 4. The largest absolute Gasteiger partial charge is 0.484 e. The minimum atomic E-state index is -0.332. The molecule has 1 aliphatic rings. The minimum absolute atomic E-state index is 0.00100. The van der Waals surface area contributed by atoms with Crippen LogP contribution in [0.2, 0.25) is 0 Å². The average molecular weight is 379 g/mol. The van der Waals surface area contributed by atoms with Gasteiger partial charge in [0, 0.05) is 29.4 Å². The van der Waals surface area contributed by atoms with E-state index in [-0.39, 0.29) is 24.4 Å². The summed E-state index contributed by atoms with van der Waals surface area (Å²) in [7, 11) is 0. The molecule has 144 valence electrons. The Balaban J connectivity index is 1.40. The van der Waals surface area contributed by atoms with Crippen molar-refractivity contribution in [3.8, 4) is 5.75 Å². The van der Waals surface area contributed by atoms with Crippen LogP contribution in [-0.2, 0) is 4.79 Å². The summed E-state index contributed by atoms with van der Waals surface area (Å²) >= 11 is 0. The summed E-state index contributed by atoms with van der Waals surface area (Å²) in [4.78, 5) is 15.8. The molecule has 1 amide bonds. The highest BCUT2D eigenvalue weighted by molar-refractivity contribution is 5.91. The van der Waals surface area contributed by atoms with Crippen LogP contribution in [0.3, 0.4) is 0 Å². The number of fused-ring (bicyclic) bond motifs is 1. The first-order valence-corrected chi connectivity index (χ1v) is 9.42. The molecule has 3 aromatic rings. The topological polar surface area (TPSA) is 63.3 Å². The van der Waals surface area contributed by atoms with Gasteiger partial charge in [-0.1, -0.05) is 24.3 Å². The van der Waals surface area contributed by atoms with Crippen LogP contribution < -0.4 is 15.4 Å². The molecular weight excluding hydrogens is 357 g/mol. The molecule has 28 heavy (non-hydrogen) atoms. The Kier molecular flexibility index (Phi) is 5.10. The number of halogens is 1. The smallest absolute Gasteiger partial charge is 0.258 e. The van der Waals surface area contributed by atoms with Gasteiger partial charge in [0.15, 0.2) is 6.61 Å². The molecule has 1 atom stereocenters. The first kappa shape index (κ1) is 18.2. The fourth-order valence-electron chi connectivity index (χ4n) is 3.08. The first-order chi connectivity index (χ1) is 13.6. The van der Waals surface area contributed by atoms with Gasteiger partial charge in [0.1, 0.15) is 17.1 Å². The molecule has 0 spiro atoms. The number of aromatic nitrogens is 1. The molecule has 1 fully saturated rings. The van der Waals surface area contributed by atoms with Gasteiger partial charge in [-0.2, -0.15) is 0 Å². The van der Waals surface area contributed by atoms with E-state index in [4.69, 9.17) is 4.74 Å². The molecule has 0 saturated heterocycles. The van der Waals surface area contributed by atoms with Crippen molar-refractivity contribution in [3.05, 3.63) is 66.1 Å². The second-order valence-electron chi connectivity index (χ2n) is 7.06. The lowest BCUT2D eigenvalue weighted by Gasteiger charge is -2.17. The van der Waals surface area contributed by atoms with Crippen LogP contribution >= 0.6 is 0 Å². The molecule has 1 aromatic heterocycles. The second kappa shape index (κ2) is 7.84. The van der Waals surface area contributed by atoms with Crippen LogP contribution in [0.25, 0.3) is 10.9 Å². The lowest BCUT2D eigenvalue weighted by Crippen LogP contribution is -2.30. The minimum Gasteiger partial charge on any atom is -0.484 e. The van der Waals surface area contributed by atoms with Crippen molar-refractivity contribution in [2.75, 3.05) is 11.9 Å². The van der Waals surface area contributed by atoms with Crippen molar-refractivity contribution >= 4 is 22.5 Å². The van der Waals surface area contributed by atoms with E-state index >= 15 is 0 Å². The summed E-state index contributed by atoms with van der Waals surface area (Å²) in [6, 6.07) is 14.7. The fourth-order valence-corrected chi connectivity index (χ4v) is 3.08. The van der Waals surface area contributed by atoms with Gasteiger partial charge in [0.05, 0.1) is 0 Å². The first-order valence-electron chi connectivity index (χ1n) is 9.42. The van der Waals surface area contributed by atoms with E-state index in [1.807, 2.05) is 43.3 Å². The zero-order valence-corrected chi connectivity index (χ0v) is 15.6. The summed E-state index contributed by atoms with van der Waals surface area (Å²) < 4.78 is 19.5. The van der Waals surface area contributed by atoms with E-state index < -0.39 is 0 Å². The number of carbonyl (C=O) groups is 1. The lowest BCUT2D eigenvalue weighted by molar-refractivity contribution is -0.123. The molecule has 5 nitrogen and oxygen atoms in total. The van der Waals surface area contributed by atoms with Gasteiger partial charge >= 0.3 is 0 Å². The Bertz CT molecular complexity index is 987. The number of hydrogen-bond donors (Lipinski definition) is 2. The van der Waals surface area contributed by atoms with Crippen molar-refractivity contribution < 1.29 is 13.9 Å². The second-order valence-corrected chi connectivity index (χ2v) is 7.06. The average Bonchev–Trinajstić information content (AvgIpc) is 3.51. The summed E-state index contributed by atoms with van der Waals surface area (Å²) in [5.74, 6) is 0.234. The number of para-hydroxylation sites is 1. The quantitative estimate of drug-likeness (QED) is 0.646. The summed E-state index contributed by atoms with van der Waals surface area (Å²) in [6.07, 6.45) is 3.72. The van der Waals surface area contributed by atoms with Gasteiger partial charge in [0.2, 0.25) is 0 Å². The normalized spacial score (nSPS) is 14.5. The van der Waals surface area contributed by atoms with Crippen molar-refractivity contribution in [1.29, 1.82) is 0 Å². The fraction of sp³-hybridized carbons (Fsp3) is 0.273. The molecule has 2 aromatic carbocycles. The van der Waals surface area contributed by atoms with Gasteiger partial charge in [-0.15, -0.1) is 0 Å². The lowest BCUT2D eigenvalue weighted by atomic mass is 10.1. The number of nitrogens with one attached hydrogen (secondary N) is 2. The SMILES string of the molecule is C[C@@H](Nc1ccnc2c(F)cccc12)c1ccc(OCC(=O)NC2CC2)cc1. The van der Waals surface area contributed by atoms with Gasteiger partial charge in [0.25, 0.3) is 5.91 Å². The molecule has 0 bridgehead atoms. The van der Waals surface area contributed by atoms with Crippen LogP contribution in [0.1, 0.15) is 31.4 Å². The highest BCUT2D eigenvalue weighted by Crippen LogP contribution is 2.28. The van der Waals surface area contributed by atoms with E-state index in [0.29, 0.717) is 17.3 Å². The number of nitrogens with zero attached hydrogens (tertiary/aromatic N) is 1. The van der Waals surface area contributed by atoms with Crippen LogP contribution in [-0.4, -0.2) is 23.5 Å². The molecule has 6 heteroatoms. The van der Waals surface area contributed by atoms with Crippen LogP contribution in [0.15, 0.2) is 54.7 Å². The standard InChI is InChI=1S/C22H22FN3O2/c1-14(25-20-11-12-24-22-18(20)3-2-4-19(22)23)15-5-9-17(10-6-15)28-13-21(27)26-16-7-8-16/h2-6,9-12,14,16H,7-8,13H2,1H3,(H,24,25)(H,26,27)/t14-/m1/s1. The molecule has 0 unspecified atom stereocenters. The highest BCUT2D eigenvalue weighted by atomic mass is 19.1. The maximum absolute atomic E-state index is 13.9. The Labute approximate surface area is 162 Å². The number of amides is 1. The number of carbonyl (C=O) groups excluding carboxylic acids is 1. The van der Waals surface area contributed by atoms with Crippen molar-refractivity contribution in [2.24, 2.45) is 0 Å². The van der Waals surface area contributed by atoms with E-state index in [1.165, 1.54) is 6.07 Å². The van der Waals surface area contributed by atoms with E-state index in [1.54, 1.807) is 12.3 Å². The molecular formula is C22H22FN3O2. The third-order valence-corrected chi connectivity index (χ3v) is 4.79. The van der Waals surface area contributed by atoms with Crippen molar-refractivity contribution in [1.82, 2.24) is 10.3 Å². The summed E-state index contributed by atoms with van der Waals surface area (Å²) in [6.45, 7) is 2.06. The van der Waals surface area contributed by atoms with E-state index in [2.05, 4.69) is 15.6 Å². The predicted octanol–water partition coefficient (Wildman–Crippen LogP) is 4.20. The number of pyridine rings is 1. The summed E-state index contributed by atoms with van der Waals surface area (Å²) in [5.41, 5.74) is 2.23. The Morgan fingerprint density at radius 3 is 2.75 bits per heavy atom. The van der Waals surface area contributed by atoms with Crippen LogP contribution in [0.4, 0.5) is 10.1 Å². The zero-order chi connectivity index (χ0) is 19.5.